The van der Waals surface area contributed by atoms with Gasteiger partial charge in [-0.2, -0.15) is 0 Å². The summed E-state index contributed by atoms with van der Waals surface area (Å²) in [6.45, 7) is 1.18. The second kappa shape index (κ2) is 10.7. The number of nitrogens with zero attached hydrogens (tertiary/aromatic N) is 1. The van der Waals surface area contributed by atoms with Gasteiger partial charge < -0.3 is 15.2 Å². The van der Waals surface area contributed by atoms with Crippen LogP contribution in [-0.4, -0.2) is 33.1 Å². The third-order valence-electron chi connectivity index (χ3n) is 5.11. The van der Waals surface area contributed by atoms with Gasteiger partial charge in [0.1, 0.15) is 12.3 Å². The highest BCUT2D eigenvalue weighted by atomic mass is 35.5. The summed E-state index contributed by atoms with van der Waals surface area (Å²) in [6, 6.07) is 18.1. The highest BCUT2D eigenvalue weighted by molar-refractivity contribution is 7.92. The average Bonchev–Trinajstić information content (AvgIpc) is 2.83. The Morgan fingerprint density at radius 1 is 1.06 bits per heavy atom. The molecule has 2 N–H and O–H groups in total. The maximum Gasteiger partial charge on any atom is 0.264 e. The molecule has 0 atom stereocenters. The van der Waals surface area contributed by atoms with Gasteiger partial charge in [0.25, 0.3) is 10.0 Å². The number of carbonyl (C=O) groups is 1. The van der Waals surface area contributed by atoms with Crippen LogP contribution in [0.4, 0.5) is 5.69 Å². The third-order valence-corrected chi connectivity index (χ3v) is 7.28. The second-order valence-corrected chi connectivity index (χ2v) is 9.60. The van der Waals surface area contributed by atoms with Crippen LogP contribution in [-0.2, 0) is 28.0 Å². The van der Waals surface area contributed by atoms with Crippen molar-refractivity contribution < 1.29 is 23.1 Å². The van der Waals surface area contributed by atoms with Crippen LogP contribution in [0.25, 0.3) is 0 Å². The number of hydrogen-bond donors (Lipinski definition) is 2. The molecule has 0 heterocycles. The minimum absolute atomic E-state index is 0.0311. The molecule has 0 bridgehead atoms. The molecule has 174 valence electrons. The highest BCUT2D eigenvalue weighted by Crippen LogP contribution is 2.31. The molecule has 9 heteroatoms. The van der Waals surface area contributed by atoms with Crippen molar-refractivity contribution in [2.24, 2.45) is 0 Å². The van der Waals surface area contributed by atoms with Crippen LogP contribution < -0.4 is 14.4 Å². The average molecular weight is 489 g/mol. The molecule has 0 aliphatic carbocycles. The van der Waals surface area contributed by atoms with Crippen molar-refractivity contribution in [1.29, 1.82) is 0 Å². The highest BCUT2D eigenvalue weighted by Gasteiger charge is 2.29. The molecule has 33 heavy (non-hydrogen) atoms. The van der Waals surface area contributed by atoms with E-state index in [4.69, 9.17) is 16.3 Å². The number of benzene rings is 3. The standard InChI is InChI=1S/C24H25ClN2O5S/c1-17-22(25)7-4-8-23(17)27(33(30,31)21-6-3-5-19(13-21)16-28)15-24(29)26-14-18-9-11-20(32-2)12-10-18/h3-13,28H,14-16H2,1-2H3,(H,26,29). The zero-order valence-electron chi connectivity index (χ0n) is 18.3. The van der Waals surface area contributed by atoms with Gasteiger partial charge in [0.15, 0.2) is 0 Å². The van der Waals surface area contributed by atoms with Crippen LogP contribution in [0.3, 0.4) is 0 Å². The van der Waals surface area contributed by atoms with Gasteiger partial charge in [-0.05, 0) is 60.0 Å². The first-order chi connectivity index (χ1) is 15.8. The quantitative estimate of drug-likeness (QED) is 0.479. The number of ether oxygens (including phenoxy) is 1. The van der Waals surface area contributed by atoms with Crippen molar-refractivity contribution in [3.8, 4) is 5.75 Å². The number of amides is 1. The maximum absolute atomic E-state index is 13.6. The molecule has 0 spiro atoms. The monoisotopic (exact) mass is 488 g/mol. The second-order valence-electron chi connectivity index (χ2n) is 7.33. The van der Waals surface area contributed by atoms with E-state index in [-0.39, 0.29) is 18.0 Å². The van der Waals surface area contributed by atoms with Crippen molar-refractivity contribution in [2.45, 2.75) is 25.0 Å². The van der Waals surface area contributed by atoms with Crippen molar-refractivity contribution >= 4 is 33.2 Å². The van der Waals surface area contributed by atoms with Crippen LogP contribution in [0, 0.1) is 6.92 Å². The predicted molar refractivity (Wildman–Crippen MR) is 128 cm³/mol. The fourth-order valence-electron chi connectivity index (χ4n) is 3.23. The lowest BCUT2D eigenvalue weighted by Gasteiger charge is -2.26. The molecule has 0 fully saturated rings. The first-order valence-electron chi connectivity index (χ1n) is 10.1. The lowest BCUT2D eigenvalue weighted by Crippen LogP contribution is -2.41. The van der Waals surface area contributed by atoms with E-state index in [9.17, 15) is 18.3 Å². The van der Waals surface area contributed by atoms with Gasteiger partial charge in [-0.1, -0.05) is 41.9 Å². The van der Waals surface area contributed by atoms with Gasteiger partial charge in [-0.3, -0.25) is 9.10 Å². The van der Waals surface area contributed by atoms with Crippen LogP contribution in [0.1, 0.15) is 16.7 Å². The summed E-state index contributed by atoms with van der Waals surface area (Å²) in [6.07, 6.45) is 0. The van der Waals surface area contributed by atoms with E-state index < -0.39 is 22.5 Å². The molecule has 3 aromatic rings. The summed E-state index contributed by atoms with van der Waals surface area (Å²) < 4.78 is 33.3. The minimum atomic E-state index is -4.13. The molecule has 0 aliphatic heterocycles. The predicted octanol–water partition coefficient (Wildman–Crippen LogP) is 3.66. The van der Waals surface area contributed by atoms with Crippen molar-refractivity contribution in [2.75, 3.05) is 18.0 Å². The Balaban J connectivity index is 1.90. The summed E-state index contributed by atoms with van der Waals surface area (Å²) in [5, 5.41) is 12.6. The van der Waals surface area contributed by atoms with Gasteiger partial charge in [-0.15, -0.1) is 0 Å². The maximum atomic E-state index is 13.6. The largest absolute Gasteiger partial charge is 0.497 e. The van der Waals surface area contributed by atoms with Gasteiger partial charge >= 0.3 is 0 Å². The van der Waals surface area contributed by atoms with Crippen molar-refractivity contribution in [3.05, 3.63) is 88.4 Å². The summed E-state index contributed by atoms with van der Waals surface area (Å²) in [5.74, 6) is 0.218. The number of anilines is 1. The zero-order valence-corrected chi connectivity index (χ0v) is 19.9. The molecular weight excluding hydrogens is 464 g/mol. The fourth-order valence-corrected chi connectivity index (χ4v) is 4.95. The molecule has 3 rings (SSSR count). The van der Waals surface area contributed by atoms with E-state index in [2.05, 4.69) is 5.32 Å². The number of aliphatic hydroxyl groups is 1. The number of halogens is 1. The molecule has 7 nitrogen and oxygen atoms in total. The SMILES string of the molecule is COc1ccc(CNC(=O)CN(c2cccc(Cl)c2C)S(=O)(=O)c2cccc(CO)c2)cc1. The normalized spacial score (nSPS) is 11.2. The molecule has 3 aromatic carbocycles. The van der Waals surface area contributed by atoms with Gasteiger partial charge in [-0.25, -0.2) is 8.42 Å². The summed E-state index contributed by atoms with van der Waals surface area (Å²) in [4.78, 5) is 12.8. The van der Waals surface area contributed by atoms with Crippen molar-refractivity contribution in [3.63, 3.8) is 0 Å². The molecule has 0 saturated heterocycles. The Labute approximate surface area is 198 Å². The topological polar surface area (TPSA) is 95.9 Å². The smallest absolute Gasteiger partial charge is 0.264 e. The molecule has 0 aliphatic rings. The van der Waals surface area contributed by atoms with Crippen LogP contribution in [0.5, 0.6) is 5.75 Å². The number of rotatable bonds is 9. The summed E-state index contributed by atoms with van der Waals surface area (Å²) >= 11 is 6.24. The Morgan fingerprint density at radius 3 is 2.42 bits per heavy atom. The number of aliphatic hydroxyl groups excluding tert-OH is 1. The molecule has 0 unspecified atom stereocenters. The number of methoxy groups -OCH3 is 1. The van der Waals surface area contributed by atoms with E-state index in [0.29, 0.717) is 27.6 Å². The van der Waals surface area contributed by atoms with Gasteiger partial charge in [0, 0.05) is 11.6 Å². The number of nitrogens with one attached hydrogen (secondary N) is 1. The number of sulfonamides is 1. The first kappa shape index (κ1) is 24.6. The minimum Gasteiger partial charge on any atom is -0.497 e. The van der Waals surface area contributed by atoms with Crippen LogP contribution in [0.15, 0.2) is 71.6 Å². The molecule has 0 saturated carbocycles. The van der Waals surface area contributed by atoms with Gasteiger partial charge in [0.2, 0.25) is 5.91 Å². The van der Waals surface area contributed by atoms with E-state index in [1.807, 2.05) is 12.1 Å². The summed E-state index contributed by atoms with van der Waals surface area (Å²) in [5.41, 5.74) is 2.12. The zero-order chi connectivity index (χ0) is 24.0. The molecular formula is C24H25ClN2O5S. The molecule has 0 aromatic heterocycles. The van der Waals surface area contributed by atoms with Crippen molar-refractivity contribution in [1.82, 2.24) is 5.32 Å². The fraction of sp³-hybridized carbons (Fsp3) is 0.208. The Bertz CT molecular complexity index is 1230. The van der Waals surface area contributed by atoms with E-state index >= 15 is 0 Å². The van der Waals surface area contributed by atoms with E-state index in [1.165, 1.54) is 12.1 Å². The van der Waals surface area contributed by atoms with E-state index in [1.54, 1.807) is 56.5 Å². The third kappa shape index (κ3) is 5.84. The van der Waals surface area contributed by atoms with Gasteiger partial charge in [0.05, 0.1) is 24.3 Å². The van der Waals surface area contributed by atoms with Crippen LogP contribution in [0.2, 0.25) is 5.02 Å². The summed E-state index contributed by atoms with van der Waals surface area (Å²) in [7, 11) is -2.56. The lowest BCUT2D eigenvalue weighted by atomic mass is 10.2. The molecule has 0 radical (unpaired) electrons. The molecule has 1 amide bonds. The van der Waals surface area contributed by atoms with E-state index in [0.717, 1.165) is 9.87 Å². The lowest BCUT2D eigenvalue weighted by molar-refractivity contribution is -0.119. The van der Waals surface area contributed by atoms with Crippen LogP contribution >= 0.6 is 11.6 Å². The Morgan fingerprint density at radius 2 is 1.76 bits per heavy atom. The number of hydrogen-bond acceptors (Lipinski definition) is 5. The number of carbonyl (C=O) groups excluding carboxylic acids is 1. The Hall–Kier alpha value is -3.07. The Kier molecular flexibility index (Phi) is 7.97. The first-order valence-corrected chi connectivity index (χ1v) is 12.0.